The Labute approximate surface area is 134 Å². The maximum atomic E-state index is 14.0. The molecule has 1 unspecified atom stereocenters. The molecule has 1 N–H and O–H groups in total. The minimum atomic E-state index is -0.898. The van der Waals surface area contributed by atoms with E-state index in [0.717, 1.165) is 6.42 Å². The Kier molecular flexibility index (Phi) is 4.34. The molecular weight excluding hydrogens is 295 g/mol. The van der Waals surface area contributed by atoms with Crippen molar-refractivity contribution >= 4 is 5.91 Å². The fourth-order valence-electron chi connectivity index (χ4n) is 3.30. The summed E-state index contributed by atoms with van der Waals surface area (Å²) in [6.07, 6.45) is 6.27. The van der Waals surface area contributed by atoms with Crippen LogP contribution in [0.1, 0.15) is 24.1 Å². The Hall–Kier alpha value is -2.34. The normalized spacial score (nSPS) is 21.3. The summed E-state index contributed by atoms with van der Waals surface area (Å²) in [4.78, 5) is 23.2. The van der Waals surface area contributed by atoms with Gasteiger partial charge >= 0.3 is 0 Å². The van der Waals surface area contributed by atoms with Crippen LogP contribution in [0.2, 0.25) is 0 Å². The van der Waals surface area contributed by atoms with E-state index in [4.69, 9.17) is 0 Å². The molecule has 5 nitrogen and oxygen atoms in total. The number of likely N-dealkylation sites (N-methyl/N-ethyl adjacent to an activating group) is 1. The van der Waals surface area contributed by atoms with Crippen LogP contribution in [0.15, 0.2) is 42.9 Å². The van der Waals surface area contributed by atoms with E-state index < -0.39 is 5.54 Å². The van der Waals surface area contributed by atoms with E-state index >= 15 is 0 Å². The summed E-state index contributed by atoms with van der Waals surface area (Å²) in [7, 11) is 1.61. The topological polar surface area (TPSA) is 58.1 Å². The van der Waals surface area contributed by atoms with Crippen molar-refractivity contribution in [3.63, 3.8) is 0 Å². The van der Waals surface area contributed by atoms with Gasteiger partial charge in [-0.25, -0.2) is 4.39 Å². The first-order valence-corrected chi connectivity index (χ1v) is 7.65. The van der Waals surface area contributed by atoms with Crippen molar-refractivity contribution in [3.8, 4) is 0 Å². The average molecular weight is 314 g/mol. The molecule has 1 aromatic carbocycles. The number of aromatic nitrogens is 2. The highest BCUT2D eigenvalue weighted by molar-refractivity contribution is 5.87. The van der Waals surface area contributed by atoms with Crippen molar-refractivity contribution in [2.75, 3.05) is 13.6 Å². The second kappa shape index (κ2) is 6.42. The standard InChI is InChI=1S/C17H19FN4O/c1-19-16(23)17(15-11-20-8-9-21-15)7-4-10-22(17)12-13-5-2-3-6-14(13)18/h2-3,5-6,8-9,11H,4,7,10,12H2,1H3,(H,19,23). The first kappa shape index (κ1) is 15.6. The summed E-state index contributed by atoms with van der Waals surface area (Å²) in [6, 6.07) is 6.66. The van der Waals surface area contributed by atoms with Gasteiger partial charge in [0.05, 0.1) is 11.9 Å². The number of halogens is 1. The van der Waals surface area contributed by atoms with Gasteiger partial charge in [0.25, 0.3) is 0 Å². The number of hydrogen-bond donors (Lipinski definition) is 1. The number of nitrogens with one attached hydrogen (secondary N) is 1. The second-order valence-corrected chi connectivity index (χ2v) is 5.65. The lowest BCUT2D eigenvalue weighted by Crippen LogP contribution is -2.52. The van der Waals surface area contributed by atoms with Crippen LogP contribution in [-0.2, 0) is 16.9 Å². The van der Waals surface area contributed by atoms with Gasteiger partial charge in [0.15, 0.2) is 0 Å². The number of amides is 1. The molecule has 1 aliphatic heterocycles. The summed E-state index contributed by atoms with van der Waals surface area (Å²) in [5.74, 6) is -0.392. The molecule has 6 heteroatoms. The van der Waals surface area contributed by atoms with Crippen LogP contribution in [0.25, 0.3) is 0 Å². The average Bonchev–Trinajstić information content (AvgIpc) is 3.01. The van der Waals surface area contributed by atoms with Crippen LogP contribution in [0, 0.1) is 5.82 Å². The highest BCUT2D eigenvalue weighted by Crippen LogP contribution is 2.39. The zero-order valence-corrected chi connectivity index (χ0v) is 13.0. The van der Waals surface area contributed by atoms with Gasteiger partial charge in [-0.1, -0.05) is 18.2 Å². The largest absolute Gasteiger partial charge is 0.357 e. The first-order valence-electron chi connectivity index (χ1n) is 7.65. The van der Waals surface area contributed by atoms with E-state index in [1.807, 2.05) is 4.90 Å². The van der Waals surface area contributed by atoms with Crippen LogP contribution < -0.4 is 5.32 Å². The Balaban J connectivity index is 2.01. The van der Waals surface area contributed by atoms with Crippen molar-refractivity contribution in [1.29, 1.82) is 0 Å². The first-order chi connectivity index (χ1) is 11.2. The lowest BCUT2D eigenvalue weighted by atomic mass is 9.90. The number of carbonyl (C=O) groups excluding carboxylic acids is 1. The number of carbonyl (C=O) groups is 1. The van der Waals surface area contributed by atoms with Crippen molar-refractivity contribution in [2.24, 2.45) is 0 Å². The van der Waals surface area contributed by atoms with Crippen molar-refractivity contribution in [2.45, 2.75) is 24.9 Å². The second-order valence-electron chi connectivity index (χ2n) is 5.65. The van der Waals surface area contributed by atoms with Gasteiger partial charge in [-0.2, -0.15) is 0 Å². The molecule has 1 fully saturated rings. The molecule has 0 radical (unpaired) electrons. The molecule has 1 aromatic heterocycles. The maximum absolute atomic E-state index is 14.0. The van der Waals surface area contributed by atoms with Crippen LogP contribution in [-0.4, -0.2) is 34.4 Å². The summed E-state index contributed by atoms with van der Waals surface area (Å²) >= 11 is 0. The lowest BCUT2D eigenvalue weighted by Gasteiger charge is -2.36. The number of rotatable bonds is 4. The Bertz CT molecular complexity index is 694. The fraction of sp³-hybridized carbons (Fsp3) is 0.353. The molecule has 1 atom stereocenters. The van der Waals surface area contributed by atoms with E-state index in [-0.39, 0.29) is 11.7 Å². The zero-order chi connectivity index (χ0) is 16.3. The molecule has 0 spiro atoms. The van der Waals surface area contributed by atoms with Crippen molar-refractivity contribution < 1.29 is 9.18 Å². The number of hydrogen-bond acceptors (Lipinski definition) is 4. The third-order valence-electron chi connectivity index (χ3n) is 4.42. The molecule has 2 heterocycles. The van der Waals surface area contributed by atoms with Gasteiger partial charge in [0, 0.05) is 31.5 Å². The van der Waals surface area contributed by atoms with Gasteiger partial charge in [-0.15, -0.1) is 0 Å². The van der Waals surface area contributed by atoms with Crippen LogP contribution >= 0.6 is 0 Å². The SMILES string of the molecule is CNC(=O)C1(c2cnccn2)CCCN1Cc1ccccc1F. The van der Waals surface area contributed by atoms with Crippen LogP contribution in [0.4, 0.5) is 4.39 Å². The molecule has 1 saturated heterocycles. The van der Waals surface area contributed by atoms with Crippen molar-refractivity contribution in [1.82, 2.24) is 20.2 Å². The predicted octanol–water partition coefficient (Wildman–Crippen LogP) is 1.85. The van der Waals surface area contributed by atoms with Gasteiger partial charge in [0.1, 0.15) is 11.4 Å². The molecule has 3 rings (SSSR count). The van der Waals surface area contributed by atoms with E-state index in [9.17, 15) is 9.18 Å². The summed E-state index contributed by atoms with van der Waals surface area (Å²) in [5, 5.41) is 2.73. The van der Waals surface area contributed by atoms with Crippen LogP contribution in [0.5, 0.6) is 0 Å². The van der Waals surface area contributed by atoms with Gasteiger partial charge in [-0.05, 0) is 25.5 Å². The minimum absolute atomic E-state index is 0.133. The highest BCUT2D eigenvalue weighted by atomic mass is 19.1. The molecule has 0 saturated carbocycles. The van der Waals surface area contributed by atoms with Crippen molar-refractivity contribution in [3.05, 3.63) is 59.9 Å². The van der Waals surface area contributed by atoms with Gasteiger partial charge in [-0.3, -0.25) is 19.7 Å². The zero-order valence-electron chi connectivity index (χ0n) is 13.0. The fourth-order valence-corrected chi connectivity index (χ4v) is 3.30. The summed E-state index contributed by atoms with van der Waals surface area (Å²) in [5.41, 5.74) is 0.283. The predicted molar refractivity (Wildman–Crippen MR) is 83.8 cm³/mol. The van der Waals surface area contributed by atoms with Gasteiger partial charge in [0.2, 0.25) is 5.91 Å². The molecule has 23 heavy (non-hydrogen) atoms. The molecule has 1 amide bonds. The van der Waals surface area contributed by atoms with E-state index in [2.05, 4.69) is 15.3 Å². The Morgan fingerprint density at radius 3 is 2.91 bits per heavy atom. The van der Waals surface area contributed by atoms with E-state index in [1.165, 1.54) is 6.07 Å². The minimum Gasteiger partial charge on any atom is -0.357 e. The van der Waals surface area contributed by atoms with Gasteiger partial charge < -0.3 is 5.32 Å². The third-order valence-corrected chi connectivity index (χ3v) is 4.42. The Morgan fingerprint density at radius 1 is 1.39 bits per heavy atom. The molecule has 2 aromatic rings. The van der Waals surface area contributed by atoms with E-state index in [0.29, 0.717) is 30.8 Å². The molecule has 0 aliphatic carbocycles. The quantitative estimate of drug-likeness (QED) is 0.936. The molecule has 1 aliphatic rings. The summed E-state index contributed by atoms with van der Waals surface area (Å²) < 4.78 is 14.0. The number of benzene rings is 1. The molecule has 0 bridgehead atoms. The Morgan fingerprint density at radius 2 is 2.22 bits per heavy atom. The maximum Gasteiger partial charge on any atom is 0.246 e. The summed E-state index contributed by atoms with van der Waals surface area (Å²) in [6.45, 7) is 1.06. The van der Waals surface area contributed by atoms with E-state index in [1.54, 1.807) is 43.8 Å². The highest BCUT2D eigenvalue weighted by Gasteiger charge is 2.49. The van der Waals surface area contributed by atoms with Crippen LogP contribution in [0.3, 0.4) is 0 Å². The number of nitrogens with zero attached hydrogens (tertiary/aromatic N) is 3. The monoisotopic (exact) mass is 314 g/mol. The number of likely N-dealkylation sites (tertiary alicyclic amines) is 1. The molecular formula is C17H19FN4O. The lowest BCUT2D eigenvalue weighted by molar-refractivity contribution is -0.132. The smallest absolute Gasteiger partial charge is 0.246 e. The third kappa shape index (κ3) is 2.70. The molecule has 120 valence electrons.